The van der Waals surface area contributed by atoms with Gasteiger partial charge in [-0.3, -0.25) is 0 Å². The van der Waals surface area contributed by atoms with Gasteiger partial charge in [0.15, 0.2) is 0 Å². The minimum atomic E-state index is 0.833. The van der Waals surface area contributed by atoms with Gasteiger partial charge in [-0.15, -0.1) is 11.3 Å². The molecule has 0 nitrogen and oxygen atoms in total. The highest BCUT2D eigenvalue weighted by atomic mass is 32.1. The lowest BCUT2D eigenvalue weighted by Crippen LogP contribution is -1.83. The number of benzene rings is 1. The smallest absolute Gasteiger partial charge is 0.0352 e. The van der Waals surface area contributed by atoms with Gasteiger partial charge in [-0.1, -0.05) is 76.8 Å². The van der Waals surface area contributed by atoms with Crippen LogP contribution in [0.4, 0.5) is 0 Å². The van der Waals surface area contributed by atoms with Gasteiger partial charge in [-0.2, -0.15) is 0 Å². The van der Waals surface area contributed by atoms with Gasteiger partial charge in [0.05, 0.1) is 0 Å². The lowest BCUT2D eigenvalue weighted by Gasteiger charge is -2.01. The largest absolute Gasteiger partial charge is 0.135 e. The molecule has 2 aromatic rings. The first kappa shape index (κ1) is 18.4. The van der Waals surface area contributed by atoms with Crippen LogP contribution in [0.25, 0.3) is 15.7 Å². The van der Waals surface area contributed by atoms with E-state index in [0.717, 1.165) is 12.3 Å². The van der Waals surface area contributed by atoms with Gasteiger partial charge in [-0.05, 0) is 41.9 Å². The fourth-order valence-corrected chi connectivity index (χ4v) is 3.40. The zero-order chi connectivity index (χ0) is 16.5. The molecule has 22 heavy (non-hydrogen) atoms. The molecule has 118 valence electrons. The van der Waals surface area contributed by atoms with Crippen molar-refractivity contribution >= 4 is 27.0 Å². The highest BCUT2D eigenvalue weighted by molar-refractivity contribution is 7.20. The van der Waals surface area contributed by atoms with Gasteiger partial charge in [0, 0.05) is 9.58 Å². The van der Waals surface area contributed by atoms with Crippen LogP contribution < -0.4 is 0 Å². The molecule has 1 heterocycles. The molecule has 0 aliphatic carbocycles. The fourth-order valence-electron chi connectivity index (χ4n) is 2.12. The van der Waals surface area contributed by atoms with Crippen LogP contribution in [-0.4, -0.2) is 0 Å². The average molecular weight is 313 g/mol. The number of fused-ring (bicyclic) bond motifs is 1. The van der Waals surface area contributed by atoms with Gasteiger partial charge >= 0.3 is 0 Å². The number of hydrogen-bond donors (Lipinski definition) is 0. The molecule has 0 atom stereocenters. The lowest BCUT2D eigenvalue weighted by atomic mass is 10.0. The zero-order valence-electron chi connectivity index (χ0n) is 14.5. The molecule has 1 aromatic carbocycles. The van der Waals surface area contributed by atoms with Crippen LogP contribution in [0.1, 0.15) is 45.1 Å². The summed E-state index contributed by atoms with van der Waals surface area (Å²) in [5.41, 5.74) is 2.79. The Morgan fingerprint density at radius 1 is 1.18 bits per heavy atom. The molecule has 0 unspecified atom stereocenters. The predicted octanol–water partition coefficient (Wildman–Crippen LogP) is 7.27. The number of thiophene rings is 1. The first-order valence-corrected chi connectivity index (χ1v) is 8.79. The summed E-state index contributed by atoms with van der Waals surface area (Å²) in [6.45, 7) is 14.6. The molecule has 0 saturated carbocycles. The minimum Gasteiger partial charge on any atom is -0.135 e. The summed E-state index contributed by atoms with van der Waals surface area (Å²) < 4.78 is 1.38. The van der Waals surface area contributed by atoms with Crippen molar-refractivity contribution in [1.29, 1.82) is 0 Å². The maximum absolute atomic E-state index is 3.69. The van der Waals surface area contributed by atoms with Crippen molar-refractivity contribution in [1.82, 2.24) is 0 Å². The molecule has 0 radical (unpaired) electrons. The van der Waals surface area contributed by atoms with E-state index in [0.29, 0.717) is 0 Å². The van der Waals surface area contributed by atoms with Crippen LogP contribution in [0.3, 0.4) is 0 Å². The van der Waals surface area contributed by atoms with Crippen LogP contribution >= 0.6 is 11.3 Å². The number of aryl methyl sites for hydroxylation is 1. The lowest BCUT2D eigenvalue weighted by molar-refractivity contribution is 0.737. The van der Waals surface area contributed by atoms with Gasteiger partial charge in [0.2, 0.25) is 0 Å². The van der Waals surface area contributed by atoms with Crippen LogP contribution in [-0.2, 0) is 6.42 Å². The number of rotatable bonds is 4. The first-order valence-electron chi connectivity index (χ1n) is 7.98. The van der Waals surface area contributed by atoms with Crippen molar-refractivity contribution in [3.05, 3.63) is 65.6 Å². The molecule has 0 aliphatic heterocycles. The van der Waals surface area contributed by atoms with E-state index in [-0.39, 0.29) is 0 Å². The van der Waals surface area contributed by atoms with Crippen molar-refractivity contribution in [2.24, 2.45) is 5.92 Å². The van der Waals surface area contributed by atoms with E-state index in [9.17, 15) is 0 Å². The maximum Gasteiger partial charge on any atom is 0.0352 e. The Morgan fingerprint density at radius 2 is 1.82 bits per heavy atom. The molecule has 0 saturated heterocycles. The third-order valence-electron chi connectivity index (χ3n) is 3.00. The van der Waals surface area contributed by atoms with E-state index in [1.165, 1.54) is 26.1 Å². The van der Waals surface area contributed by atoms with E-state index < -0.39 is 0 Å². The Labute approximate surface area is 139 Å². The second-order valence-corrected chi connectivity index (χ2v) is 7.01. The molecular weight excluding hydrogens is 284 g/mol. The molecule has 2 rings (SSSR count). The molecule has 0 amide bonds. The molecule has 0 aliphatic rings. The third kappa shape index (κ3) is 5.31. The minimum absolute atomic E-state index is 0.833. The Hall–Kier alpha value is -1.60. The topological polar surface area (TPSA) is 0 Å². The van der Waals surface area contributed by atoms with Gasteiger partial charge < -0.3 is 0 Å². The van der Waals surface area contributed by atoms with Crippen molar-refractivity contribution in [3.8, 4) is 0 Å². The molecule has 0 N–H and O–H groups in total. The summed E-state index contributed by atoms with van der Waals surface area (Å²) >= 11 is 1.89. The van der Waals surface area contributed by atoms with E-state index in [1.807, 2.05) is 23.5 Å². The van der Waals surface area contributed by atoms with Crippen LogP contribution in [0.2, 0.25) is 0 Å². The van der Waals surface area contributed by atoms with E-state index >= 15 is 0 Å². The molecule has 0 fully saturated rings. The highest BCUT2D eigenvalue weighted by Crippen LogP contribution is 2.35. The fraction of sp³-hybridized carbons (Fsp3) is 0.333. The second-order valence-electron chi connectivity index (χ2n) is 5.96. The highest BCUT2D eigenvalue weighted by Gasteiger charge is 2.10. The SMILES string of the molecule is C=C/C=C\C=C(/C)c1sc2ccccc2c1CC.CC(C)C. The summed E-state index contributed by atoms with van der Waals surface area (Å²) in [4.78, 5) is 1.41. The Balaban J connectivity index is 0.000000541. The normalized spacial score (nSPS) is 11.8. The standard InChI is InChI=1S/C17H18S.C4H10/c1-4-6-7-10-13(3)17-14(5-2)15-11-8-9-12-16(15)18-17;1-4(2)3/h4,6-12H,1,5H2,2-3H3;4H,1-3H3/b7-6-,13-10+;. The van der Waals surface area contributed by atoms with Crippen molar-refractivity contribution < 1.29 is 0 Å². The van der Waals surface area contributed by atoms with E-state index in [4.69, 9.17) is 0 Å². The molecule has 1 aromatic heterocycles. The Morgan fingerprint density at radius 3 is 2.41 bits per heavy atom. The summed E-state index contributed by atoms with van der Waals surface area (Å²) in [6, 6.07) is 8.66. The number of allylic oxidation sites excluding steroid dienone is 5. The maximum atomic E-state index is 3.69. The van der Waals surface area contributed by atoms with Crippen molar-refractivity contribution in [2.75, 3.05) is 0 Å². The van der Waals surface area contributed by atoms with Crippen molar-refractivity contribution in [3.63, 3.8) is 0 Å². The quantitative estimate of drug-likeness (QED) is 0.521. The second kappa shape index (κ2) is 9.42. The van der Waals surface area contributed by atoms with E-state index in [2.05, 4.69) is 71.5 Å². The Kier molecular flexibility index (Phi) is 7.90. The van der Waals surface area contributed by atoms with Gasteiger partial charge in [0.25, 0.3) is 0 Å². The summed E-state index contributed by atoms with van der Waals surface area (Å²) in [5, 5.41) is 1.40. The van der Waals surface area contributed by atoms with Gasteiger partial charge in [0.1, 0.15) is 0 Å². The van der Waals surface area contributed by atoms with Gasteiger partial charge in [-0.25, -0.2) is 0 Å². The van der Waals surface area contributed by atoms with Crippen molar-refractivity contribution in [2.45, 2.75) is 41.0 Å². The third-order valence-corrected chi connectivity index (χ3v) is 4.35. The molecular formula is C21H28S. The summed E-state index contributed by atoms with van der Waals surface area (Å²) in [6.07, 6.45) is 9.05. The first-order chi connectivity index (χ1) is 10.5. The zero-order valence-corrected chi connectivity index (χ0v) is 15.3. The van der Waals surface area contributed by atoms with Crippen LogP contribution in [0, 0.1) is 5.92 Å². The molecule has 0 spiro atoms. The average Bonchev–Trinajstić information content (AvgIpc) is 2.85. The Bertz CT molecular complexity index is 651. The number of hydrogen-bond acceptors (Lipinski definition) is 1. The molecule has 1 heteroatoms. The monoisotopic (exact) mass is 312 g/mol. The van der Waals surface area contributed by atoms with Crippen LogP contribution in [0.5, 0.6) is 0 Å². The summed E-state index contributed by atoms with van der Waals surface area (Å²) in [7, 11) is 0. The van der Waals surface area contributed by atoms with E-state index in [1.54, 1.807) is 6.08 Å². The predicted molar refractivity (Wildman–Crippen MR) is 105 cm³/mol. The molecule has 0 bridgehead atoms. The summed E-state index contributed by atoms with van der Waals surface area (Å²) in [5.74, 6) is 0.833. The van der Waals surface area contributed by atoms with Crippen LogP contribution in [0.15, 0.2) is 55.1 Å².